The van der Waals surface area contributed by atoms with Gasteiger partial charge in [-0.2, -0.15) is 13.2 Å². The number of hydrogen-bond donors (Lipinski definition) is 0. The average molecular weight is 205 g/mol. The Balaban J connectivity index is 4.41. The van der Waals surface area contributed by atoms with Gasteiger partial charge < -0.3 is 4.74 Å². The van der Waals surface area contributed by atoms with Gasteiger partial charge in [0.15, 0.2) is 5.38 Å². The number of carbonyl (C=O) groups excluding carboxylic acids is 2. The smallest absolute Gasteiger partial charge is 0.452 e. The van der Waals surface area contributed by atoms with Crippen LogP contribution in [0.3, 0.4) is 0 Å². The second-order valence-corrected chi connectivity index (χ2v) is 2.18. The number of esters is 1. The Morgan fingerprint density at radius 2 is 1.83 bits per heavy atom. The number of ketones is 1. The van der Waals surface area contributed by atoms with Crippen LogP contribution in [0.5, 0.6) is 0 Å². The fraction of sp³-hybridized carbons (Fsp3) is 0.600. The standard InChI is InChI=1S/C5H4ClF3O3/c1-12-4(11)2(6)3(10)5(7,8)9/h2H,1H3. The highest BCUT2D eigenvalue weighted by atomic mass is 35.5. The maximum Gasteiger partial charge on any atom is 0.452 e. The fourth-order valence-corrected chi connectivity index (χ4v) is 0.567. The quantitative estimate of drug-likeness (QED) is 0.381. The SMILES string of the molecule is COC(=O)C(Cl)C(=O)C(F)(F)F. The Morgan fingerprint density at radius 3 is 2.08 bits per heavy atom. The molecule has 1 atom stereocenters. The van der Waals surface area contributed by atoms with E-state index in [2.05, 4.69) is 4.74 Å². The van der Waals surface area contributed by atoms with Crippen molar-refractivity contribution in [1.29, 1.82) is 0 Å². The van der Waals surface area contributed by atoms with Gasteiger partial charge in [-0.15, -0.1) is 11.6 Å². The van der Waals surface area contributed by atoms with Crippen LogP contribution in [-0.2, 0) is 14.3 Å². The highest BCUT2D eigenvalue weighted by Crippen LogP contribution is 2.20. The molecule has 0 aliphatic carbocycles. The van der Waals surface area contributed by atoms with Crippen LogP contribution in [0, 0.1) is 0 Å². The second-order valence-electron chi connectivity index (χ2n) is 1.75. The third-order valence-electron chi connectivity index (χ3n) is 0.918. The van der Waals surface area contributed by atoms with Gasteiger partial charge in [0.2, 0.25) is 0 Å². The summed E-state index contributed by atoms with van der Waals surface area (Å²) in [5, 5.41) is -2.31. The van der Waals surface area contributed by atoms with Crippen molar-refractivity contribution in [1.82, 2.24) is 0 Å². The molecule has 7 heteroatoms. The second kappa shape index (κ2) is 3.75. The third kappa shape index (κ3) is 2.69. The Kier molecular flexibility index (Phi) is 3.51. The first-order chi connectivity index (χ1) is 5.30. The number of alkyl halides is 4. The summed E-state index contributed by atoms with van der Waals surface area (Å²) < 4.78 is 38.5. The lowest BCUT2D eigenvalue weighted by molar-refractivity contribution is -0.173. The molecule has 12 heavy (non-hydrogen) atoms. The predicted octanol–water partition coefficient (Wildman–Crippen LogP) is 0.898. The van der Waals surface area contributed by atoms with Crippen molar-refractivity contribution < 1.29 is 27.5 Å². The first kappa shape index (κ1) is 11.2. The Morgan fingerprint density at radius 1 is 1.42 bits per heavy atom. The zero-order chi connectivity index (χ0) is 9.94. The van der Waals surface area contributed by atoms with E-state index in [0.717, 1.165) is 7.11 Å². The van der Waals surface area contributed by atoms with E-state index in [1.54, 1.807) is 0 Å². The van der Waals surface area contributed by atoms with Crippen LogP contribution in [-0.4, -0.2) is 30.4 Å². The minimum absolute atomic E-state index is 0.835. The molecule has 0 radical (unpaired) electrons. The van der Waals surface area contributed by atoms with Crippen LogP contribution in [0.25, 0.3) is 0 Å². The summed E-state index contributed by atoms with van der Waals surface area (Å²) in [5.74, 6) is -3.74. The average Bonchev–Trinajstić information content (AvgIpc) is 1.98. The van der Waals surface area contributed by atoms with E-state index in [1.807, 2.05) is 0 Å². The summed E-state index contributed by atoms with van der Waals surface area (Å²) in [5.41, 5.74) is 0. The van der Waals surface area contributed by atoms with E-state index >= 15 is 0 Å². The summed E-state index contributed by atoms with van der Waals surface area (Å²) in [6, 6.07) is 0. The van der Waals surface area contributed by atoms with Crippen LogP contribution in [0.4, 0.5) is 13.2 Å². The number of ether oxygens (including phenoxy) is 1. The van der Waals surface area contributed by atoms with Crippen molar-refractivity contribution in [2.24, 2.45) is 0 Å². The molecular formula is C5H4ClF3O3. The lowest BCUT2D eigenvalue weighted by Gasteiger charge is -2.08. The molecule has 0 aliphatic heterocycles. The molecule has 1 unspecified atom stereocenters. The lowest BCUT2D eigenvalue weighted by Crippen LogP contribution is -2.36. The number of hydrogen-bond acceptors (Lipinski definition) is 3. The molecule has 0 rings (SSSR count). The minimum Gasteiger partial charge on any atom is -0.468 e. The van der Waals surface area contributed by atoms with Crippen LogP contribution < -0.4 is 0 Å². The van der Waals surface area contributed by atoms with Crippen molar-refractivity contribution >= 4 is 23.4 Å². The third-order valence-corrected chi connectivity index (χ3v) is 1.29. The van der Waals surface area contributed by atoms with Crippen molar-refractivity contribution in [3.8, 4) is 0 Å². The van der Waals surface area contributed by atoms with Gasteiger partial charge >= 0.3 is 12.1 Å². The number of carbonyl (C=O) groups is 2. The molecule has 70 valence electrons. The van der Waals surface area contributed by atoms with Crippen molar-refractivity contribution in [2.45, 2.75) is 11.6 Å². The van der Waals surface area contributed by atoms with Gasteiger partial charge in [0, 0.05) is 0 Å². The molecule has 3 nitrogen and oxygen atoms in total. The Labute approximate surface area is 70.4 Å². The summed E-state index contributed by atoms with van der Waals surface area (Å²) in [6.45, 7) is 0. The highest BCUT2D eigenvalue weighted by Gasteiger charge is 2.46. The molecule has 0 heterocycles. The van der Waals surface area contributed by atoms with Crippen LogP contribution in [0.2, 0.25) is 0 Å². The summed E-state index contributed by atoms with van der Waals surface area (Å²) >= 11 is 4.82. The van der Waals surface area contributed by atoms with Gasteiger partial charge in [0.1, 0.15) is 0 Å². The number of methoxy groups -OCH3 is 1. The summed E-state index contributed by atoms with van der Waals surface area (Å²) in [7, 11) is 0.835. The van der Waals surface area contributed by atoms with Gasteiger partial charge in [-0.25, -0.2) is 4.79 Å². The number of rotatable bonds is 2. The first-order valence-electron chi connectivity index (χ1n) is 2.63. The molecule has 0 aromatic carbocycles. The molecule has 0 saturated heterocycles. The lowest BCUT2D eigenvalue weighted by atomic mass is 10.3. The maximum atomic E-state index is 11.6. The molecule has 0 bridgehead atoms. The maximum absolute atomic E-state index is 11.6. The van der Waals surface area contributed by atoms with Crippen molar-refractivity contribution in [3.05, 3.63) is 0 Å². The van der Waals surface area contributed by atoms with Crippen molar-refractivity contribution in [2.75, 3.05) is 7.11 Å². The zero-order valence-electron chi connectivity index (χ0n) is 5.81. The van der Waals surface area contributed by atoms with Gasteiger partial charge in [-0.1, -0.05) is 0 Å². The monoisotopic (exact) mass is 204 g/mol. The molecular weight excluding hydrogens is 200 g/mol. The van der Waals surface area contributed by atoms with Gasteiger partial charge in [0.05, 0.1) is 7.11 Å². The summed E-state index contributed by atoms with van der Waals surface area (Å²) in [4.78, 5) is 20.5. The molecule has 0 aromatic rings. The van der Waals surface area contributed by atoms with Gasteiger partial charge in [-0.3, -0.25) is 4.79 Å². The highest BCUT2D eigenvalue weighted by molar-refractivity contribution is 6.41. The topological polar surface area (TPSA) is 43.4 Å². The van der Waals surface area contributed by atoms with Crippen LogP contribution in [0.15, 0.2) is 0 Å². The van der Waals surface area contributed by atoms with E-state index in [1.165, 1.54) is 0 Å². The van der Waals surface area contributed by atoms with Gasteiger partial charge in [-0.05, 0) is 0 Å². The molecule has 0 spiro atoms. The van der Waals surface area contributed by atoms with E-state index in [-0.39, 0.29) is 0 Å². The Bertz CT molecular complexity index is 201. The molecule has 0 aromatic heterocycles. The van der Waals surface area contributed by atoms with E-state index in [9.17, 15) is 22.8 Å². The predicted molar refractivity (Wildman–Crippen MR) is 32.7 cm³/mol. The largest absolute Gasteiger partial charge is 0.468 e. The van der Waals surface area contributed by atoms with E-state index in [0.29, 0.717) is 0 Å². The molecule has 0 fully saturated rings. The summed E-state index contributed by atoms with van der Waals surface area (Å²) in [6.07, 6.45) is -5.11. The number of Topliss-reactive ketones (excluding diaryl/α,β-unsaturated/α-hetero) is 1. The van der Waals surface area contributed by atoms with Crippen LogP contribution >= 0.6 is 11.6 Å². The van der Waals surface area contributed by atoms with Crippen molar-refractivity contribution in [3.63, 3.8) is 0 Å². The van der Waals surface area contributed by atoms with E-state index < -0.39 is 23.3 Å². The normalized spacial score (nSPS) is 13.8. The molecule has 0 N–H and O–H groups in total. The zero-order valence-corrected chi connectivity index (χ0v) is 6.57. The number of halogens is 4. The molecule has 0 aliphatic rings. The van der Waals surface area contributed by atoms with Gasteiger partial charge in [0.25, 0.3) is 5.78 Å². The van der Waals surface area contributed by atoms with Crippen LogP contribution in [0.1, 0.15) is 0 Å². The first-order valence-corrected chi connectivity index (χ1v) is 3.07. The Hall–Kier alpha value is -0.780. The molecule has 0 amide bonds. The fourth-order valence-electron chi connectivity index (χ4n) is 0.354. The molecule has 0 saturated carbocycles. The minimum atomic E-state index is -5.11. The van der Waals surface area contributed by atoms with E-state index in [4.69, 9.17) is 11.6 Å².